The van der Waals surface area contributed by atoms with E-state index >= 15 is 0 Å². The zero-order valence-electron chi connectivity index (χ0n) is 12.2. The van der Waals surface area contributed by atoms with Crippen LogP contribution in [0.15, 0.2) is 4.79 Å². The lowest BCUT2D eigenvalue weighted by molar-refractivity contribution is -0.385. The molecule has 0 amide bonds. The van der Waals surface area contributed by atoms with E-state index in [-0.39, 0.29) is 24.9 Å². The number of anilines is 2. The van der Waals surface area contributed by atoms with Gasteiger partial charge in [0.1, 0.15) is 6.54 Å². The van der Waals surface area contributed by atoms with Crippen molar-refractivity contribution >= 4 is 23.4 Å². The van der Waals surface area contributed by atoms with E-state index in [0.717, 1.165) is 0 Å². The van der Waals surface area contributed by atoms with E-state index in [1.807, 2.05) is 0 Å². The molecular weight excluding hydrogens is 282 g/mol. The maximum Gasteiger partial charge on any atom is 0.376 e. The maximum absolute atomic E-state index is 11.8. The van der Waals surface area contributed by atoms with E-state index in [2.05, 4.69) is 9.97 Å². The molecule has 1 aromatic rings. The average molecular weight is 299 g/mol. The number of carbonyl (C=O) groups is 1. The number of likely N-dealkylation sites (N-methyl/N-ethyl adjacent to an activating group) is 1. The Labute approximate surface area is 120 Å². The van der Waals surface area contributed by atoms with Crippen LogP contribution in [0.4, 0.5) is 17.5 Å². The Morgan fingerprint density at radius 3 is 2.52 bits per heavy atom. The van der Waals surface area contributed by atoms with Gasteiger partial charge in [-0.1, -0.05) is 0 Å². The Hall–Kier alpha value is -2.65. The first-order valence-corrected chi connectivity index (χ1v) is 6.10. The largest absolute Gasteiger partial charge is 0.465 e. The van der Waals surface area contributed by atoms with Gasteiger partial charge in [-0.15, -0.1) is 0 Å². The topological polar surface area (TPSA) is 122 Å². The third kappa shape index (κ3) is 3.91. The van der Waals surface area contributed by atoms with Gasteiger partial charge in [-0.05, 0) is 6.92 Å². The molecule has 0 radical (unpaired) electrons. The minimum atomic E-state index is -0.885. The number of rotatable bonds is 6. The van der Waals surface area contributed by atoms with Crippen molar-refractivity contribution in [1.82, 2.24) is 9.97 Å². The van der Waals surface area contributed by atoms with Gasteiger partial charge in [0.25, 0.3) is 0 Å². The van der Waals surface area contributed by atoms with Gasteiger partial charge in [0, 0.05) is 21.1 Å². The Kier molecular flexibility index (Phi) is 5.22. The molecule has 10 nitrogen and oxygen atoms in total. The van der Waals surface area contributed by atoms with Gasteiger partial charge < -0.3 is 14.5 Å². The number of H-pyrrole nitrogens is 1. The Balaban J connectivity index is 3.27. The summed E-state index contributed by atoms with van der Waals surface area (Å²) in [6.45, 7) is 1.59. The van der Waals surface area contributed by atoms with Crippen molar-refractivity contribution in [3.8, 4) is 0 Å². The van der Waals surface area contributed by atoms with Gasteiger partial charge in [0.15, 0.2) is 0 Å². The molecule has 116 valence electrons. The highest BCUT2D eigenvalue weighted by Crippen LogP contribution is 2.22. The van der Waals surface area contributed by atoms with Crippen molar-refractivity contribution in [2.24, 2.45) is 0 Å². The van der Waals surface area contributed by atoms with Crippen LogP contribution < -0.4 is 15.4 Å². The highest BCUT2D eigenvalue weighted by molar-refractivity contribution is 5.76. The summed E-state index contributed by atoms with van der Waals surface area (Å²) in [4.78, 5) is 42.5. The number of esters is 1. The van der Waals surface area contributed by atoms with Crippen LogP contribution >= 0.6 is 0 Å². The number of ether oxygens (including phenoxy) is 1. The van der Waals surface area contributed by atoms with Gasteiger partial charge in [-0.2, -0.15) is 4.98 Å². The number of aromatic amines is 1. The van der Waals surface area contributed by atoms with Crippen molar-refractivity contribution in [1.29, 1.82) is 0 Å². The Morgan fingerprint density at radius 2 is 2.05 bits per heavy atom. The van der Waals surface area contributed by atoms with E-state index in [1.54, 1.807) is 21.0 Å². The molecule has 0 unspecified atom stereocenters. The fraction of sp³-hybridized carbons (Fsp3) is 0.545. The Morgan fingerprint density at radius 1 is 1.43 bits per heavy atom. The predicted octanol–water partition coefficient (Wildman–Crippen LogP) is -0.257. The first kappa shape index (κ1) is 16.4. The van der Waals surface area contributed by atoms with Gasteiger partial charge in [-0.25, -0.2) is 0 Å². The number of nitrogens with zero attached hydrogens (tertiary/aromatic N) is 4. The second-order valence-electron chi connectivity index (χ2n) is 4.37. The molecule has 0 fully saturated rings. The lowest BCUT2D eigenvalue weighted by atomic mass is 10.4. The van der Waals surface area contributed by atoms with Crippen LogP contribution in [0.1, 0.15) is 6.92 Å². The van der Waals surface area contributed by atoms with Crippen LogP contribution in [0.5, 0.6) is 0 Å². The second kappa shape index (κ2) is 6.68. The van der Waals surface area contributed by atoms with E-state index in [1.165, 1.54) is 16.8 Å². The summed E-state index contributed by atoms with van der Waals surface area (Å²) < 4.78 is 4.77. The molecule has 0 atom stereocenters. The summed E-state index contributed by atoms with van der Waals surface area (Å²) >= 11 is 0. The molecule has 1 N–H and O–H groups in total. The van der Waals surface area contributed by atoms with E-state index < -0.39 is 22.1 Å². The molecule has 1 rings (SSSR count). The number of nitrogens with one attached hydrogen (secondary N) is 1. The monoisotopic (exact) mass is 299 g/mol. The molecule has 1 heterocycles. The fourth-order valence-electron chi connectivity index (χ4n) is 1.56. The molecular formula is C11H17N5O5. The van der Waals surface area contributed by atoms with Gasteiger partial charge in [-0.3, -0.25) is 24.7 Å². The fourth-order valence-corrected chi connectivity index (χ4v) is 1.56. The van der Waals surface area contributed by atoms with Crippen LogP contribution in [-0.2, 0) is 9.53 Å². The van der Waals surface area contributed by atoms with Crippen molar-refractivity contribution in [3.05, 3.63) is 20.5 Å². The molecule has 0 aromatic carbocycles. The highest BCUT2D eigenvalue weighted by atomic mass is 16.6. The van der Waals surface area contributed by atoms with Crippen molar-refractivity contribution in [2.75, 3.05) is 44.1 Å². The second-order valence-corrected chi connectivity index (χ2v) is 4.37. The third-order valence-corrected chi connectivity index (χ3v) is 2.50. The van der Waals surface area contributed by atoms with Crippen LogP contribution in [0.3, 0.4) is 0 Å². The highest BCUT2D eigenvalue weighted by Gasteiger charge is 2.26. The number of carbonyl (C=O) groups excluding carboxylic acids is 1. The molecule has 0 aliphatic rings. The molecule has 0 saturated heterocycles. The Bertz CT molecular complexity index is 597. The lowest BCUT2D eigenvalue weighted by Gasteiger charge is -2.18. The standard InChI is InChI=1S/C11H17N5O5/c1-5-21-7(17)6-15(4)9-8(16(19)20)10(18)13-11(12-9)14(2)3/h5-6H2,1-4H3,(H,12,13,18). The first-order valence-electron chi connectivity index (χ1n) is 6.10. The molecule has 0 saturated carbocycles. The number of nitro groups is 1. The summed E-state index contributed by atoms with van der Waals surface area (Å²) in [6.07, 6.45) is 0. The summed E-state index contributed by atoms with van der Waals surface area (Å²) in [5, 5.41) is 11.0. The first-order chi connectivity index (χ1) is 9.77. The van der Waals surface area contributed by atoms with Crippen LogP contribution in [0.25, 0.3) is 0 Å². The van der Waals surface area contributed by atoms with Crippen molar-refractivity contribution in [2.45, 2.75) is 6.92 Å². The molecule has 0 bridgehead atoms. The van der Waals surface area contributed by atoms with Gasteiger partial charge in [0.2, 0.25) is 11.8 Å². The molecule has 0 aliphatic carbocycles. The molecule has 0 spiro atoms. The lowest BCUT2D eigenvalue weighted by Crippen LogP contribution is -2.31. The SMILES string of the molecule is CCOC(=O)CN(C)c1nc(N(C)C)[nH]c(=O)c1[N+](=O)[O-]. The minimum absolute atomic E-state index is 0.149. The van der Waals surface area contributed by atoms with E-state index in [0.29, 0.717) is 0 Å². The van der Waals surface area contributed by atoms with Crippen LogP contribution in [-0.4, -0.2) is 55.2 Å². The summed E-state index contributed by atoms with van der Waals surface area (Å²) in [5.74, 6) is -0.611. The summed E-state index contributed by atoms with van der Waals surface area (Å²) in [6, 6.07) is 0. The van der Waals surface area contributed by atoms with Crippen LogP contribution in [0, 0.1) is 10.1 Å². The third-order valence-electron chi connectivity index (χ3n) is 2.50. The quantitative estimate of drug-likeness (QED) is 0.433. The number of hydrogen-bond acceptors (Lipinski definition) is 8. The number of aromatic nitrogens is 2. The summed E-state index contributed by atoms with van der Waals surface area (Å²) in [7, 11) is 4.67. The maximum atomic E-state index is 11.8. The number of hydrogen-bond donors (Lipinski definition) is 1. The molecule has 10 heteroatoms. The predicted molar refractivity (Wildman–Crippen MR) is 75.7 cm³/mol. The minimum Gasteiger partial charge on any atom is -0.465 e. The summed E-state index contributed by atoms with van der Waals surface area (Å²) in [5.41, 5.74) is -1.60. The van der Waals surface area contributed by atoms with Crippen molar-refractivity contribution in [3.63, 3.8) is 0 Å². The zero-order chi connectivity index (χ0) is 16.2. The normalized spacial score (nSPS) is 10.1. The van der Waals surface area contributed by atoms with Crippen molar-refractivity contribution < 1.29 is 14.5 Å². The zero-order valence-corrected chi connectivity index (χ0v) is 12.2. The van der Waals surface area contributed by atoms with Crippen LogP contribution in [0.2, 0.25) is 0 Å². The van der Waals surface area contributed by atoms with E-state index in [4.69, 9.17) is 4.74 Å². The van der Waals surface area contributed by atoms with Gasteiger partial charge >= 0.3 is 17.2 Å². The average Bonchev–Trinajstić information content (AvgIpc) is 2.37. The molecule has 1 aromatic heterocycles. The smallest absolute Gasteiger partial charge is 0.376 e. The van der Waals surface area contributed by atoms with Gasteiger partial charge in [0.05, 0.1) is 11.5 Å². The molecule has 0 aliphatic heterocycles. The van der Waals surface area contributed by atoms with E-state index in [9.17, 15) is 19.7 Å². The molecule has 21 heavy (non-hydrogen) atoms.